The second-order valence-corrected chi connectivity index (χ2v) is 4.54. The van der Waals surface area contributed by atoms with Crippen molar-refractivity contribution in [2.45, 2.75) is 32.1 Å². The van der Waals surface area contributed by atoms with Crippen molar-refractivity contribution >= 4 is 11.9 Å². The molecule has 102 valence electrons. The Morgan fingerprint density at radius 2 is 1.63 bits per heavy atom. The highest BCUT2D eigenvalue weighted by atomic mass is 17.5. The van der Waals surface area contributed by atoms with Crippen LogP contribution < -0.4 is 0 Å². The lowest BCUT2D eigenvalue weighted by Gasteiger charge is -2.18. The van der Waals surface area contributed by atoms with Gasteiger partial charge >= 0.3 is 11.9 Å². The van der Waals surface area contributed by atoms with Gasteiger partial charge in [0.15, 0.2) is 0 Å². The summed E-state index contributed by atoms with van der Waals surface area (Å²) in [5, 5.41) is 4.27. The van der Waals surface area contributed by atoms with Crippen LogP contribution in [-0.2, 0) is 19.6 Å². The zero-order valence-corrected chi connectivity index (χ0v) is 10.5. The minimum Gasteiger partial charge on any atom is -0.259 e. The average Bonchev–Trinajstić information content (AvgIpc) is 2.49. The molecule has 0 atom stereocenters. The average molecular weight is 264 g/mol. The number of hydrogen-bond donors (Lipinski definition) is 0. The van der Waals surface area contributed by atoms with Gasteiger partial charge in [0, 0.05) is 5.04 Å². The van der Waals surface area contributed by atoms with Crippen LogP contribution in [0.2, 0.25) is 0 Å². The first-order valence-corrected chi connectivity index (χ1v) is 6.42. The molecular formula is C14H16O5. The molecule has 1 saturated carbocycles. The van der Waals surface area contributed by atoms with Gasteiger partial charge in [-0.15, -0.1) is 0 Å². The van der Waals surface area contributed by atoms with Crippen LogP contribution in [0.25, 0.3) is 0 Å². The van der Waals surface area contributed by atoms with Gasteiger partial charge in [-0.2, -0.15) is 0 Å². The lowest BCUT2D eigenvalue weighted by Crippen LogP contribution is -2.21. The van der Waals surface area contributed by atoms with Gasteiger partial charge in [0.05, 0.1) is 11.5 Å². The third-order valence-corrected chi connectivity index (χ3v) is 3.17. The Morgan fingerprint density at radius 3 is 2.32 bits per heavy atom. The lowest BCUT2D eigenvalue weighted by atomic mass is 9.89. The van der Waals surface area contributed by atoms with E-state index in [1.165, 1.54) is 0 Å². The van der Waals surface area contributed by atoms with Crippen LogP contribution in [0.5, 0.6) is 0 Å². The van der Waals surface area contributed by atoms with Crippen LogP contribution in [0.15, 0.2) is 30.3 Å². The Balaban J connectivity index is 1.71. The van der Waals surface area contributed by atoms with Crippen molar-refractivity contribution in [3.05, 3.63) is 35.9 Å². The molecule has 1 aliphatic carbocycles. The minimum absolute atomic E-state index is 0.149. The summed E-state index contributed by atoms with van der Waals surface area (Å²) in [5.74, 6) is -1.32. The van der Waals surface area contributed by atoms with E-state index in [0.717, 1.165) is 32.1 Å². The molecule has 5 heteroatoms. The zero-order valence-electron chi connectivity index (χ0n) is 10.5. The van der Waals surface area contributed by atoms with Crippen LogP contribution in [0.4, 0.5) is 0 Å². The van der Waals surface area contributed by atoms with Gasteiger partial charge in [-0.1, -0.05) is 37.5 Å². The fourth-order valence-electron chi connectivity index (χ4n) is 2.11. The maximum absolute atomic E-state index is 11.6. The standard InChI is InChI=1S/C14H16O5/c15-13(11-7-3-1-4-8-11)17-19-18-14(16)12-9-5-2-6-10-12/h1,3-4,7-8,12H,2,5-6,9-10H2. The molecule has 0 bridgehead atoms. The molecule has 1 aromatic carbocycles. The predicted octanol–water partition coefficient (Wildman–Crippen LogP) is 2.81. The van der Waals surface area contributed by atoms with Crippen molar-refractivity contribution in [1.29, 1.82) is 0 Å². The number of carbonyl (C=O) groups is 2. The van der Waals surface area contributed by atoms with Crippen molar-refractivity contribution < 1.29 is 24.4 Å². The van der Waals surface area contributed by atoms with Gasteiger partial charge in [0.2, 0.25) is 0 Å². The van der Waals surface area contributed by atoms with E-state index in [1.807, 2.05) is 0 Å². The summed E-state index contributed by atoms with van der Waals surface area (Å²) >= 11 is 0. The first-order chi connectivity index (χ1) is 9.27. The molecule has 0 saturated heterocycles. The van der Waals surface area contributed by atoms with E-state index in [2.05, 4.69) is 14.8 Å². The second kappa shape index (κ2) is 6.89. The van der Waals surface area contributed by atoms with E-state index in [1.54, 1.807) is 30.3 Å². The molecule has 1 aromatic rings. The molecule has 0 spiro atoms. The molecule has 0 radical (unpaired) electrons. The van der Waals surface area contributed by atoms with Crippen molar-refractivity contribution in [2.24, 2.45) is 5.92 Å². The molecule has 2 rings (SSSR count). The molecule has 1 aliphatic rings. The van der Waals surface area contributed by atoms with Crippen LogP contribution >= 0.6 is 0 Å². The molecule has 0 N–H and O–H groups in total. The first-order valence-electron chi connectivity index (χ1n) is 6.42. The number of hydrogen-bond acceptors (Lipinski definition) is 5. The molecule has 5 nitrogen and oxygen atoms in total. The molecule has 0 heterocycles. The zero-order chi connectivity index (χ0) is 13.5. The van der Waals surface area contributed by atoms with Gasteiger partial charge in [-0.25, -0.2) is 9.59 Å². The van der Waals surface area contributed by atoms with Gasteiger partial charge in [0.25, 0.3) is 0 Å². The summed E-state index contributed by atoms with van der Waals surface area (Å²) in [6.07, 6.45) is 4.78. The monoisotopic (exact) mass is 264 g/mol. The second-order valence-electron chi connectivity index (χ2n) is 4.54. The van der Waals surface area contributed by atoms with E-state index in [9.17, 15) is 9.59 Å². The smallest absolute Gasteiger partial charge is 0.259 e. The Labute approximate surface area is 111 Å². The lowest BCUT2D eigenvalue weighted by molar-refractivity contribution is -0.454. The van der Waals surface area contributed by atoms with E-state index < -0.39 is 11.9 Å². The van der Waals surface area contributed by atoms with Crippen molar-refractivity contribution in [3.63, 3.8) is 0 Å². The summed E-state index contributed by atoms with van der Waals surface area (Å²) in [6.45, 7) is 0. The van der Waals surface area contributed by atoms with Crippen molar-refractivity contribution in [3.8, 4) is 0 Å². The van der Waals surface area contributed by atoms with E-state index in [0.29, 0.717) is 5.56 Å². The first kappa shape index (κ1) is 13.5. The summed E-state index contributed by atoms with van der Waals surface area (Å²) in [6, 6.07) is 8.33. The highest BCUT2D eigenvalue weighted by molar-refractivity contribution is 5.88. The van der Waals surface area contributed by atoms with E-state index in [-0.39, 0.29) is 5.92 Å². The summed E-state index contributed by atoms with van der Waals surface area (Å²) in [4.78, 5) is 31.9. The quantitative estimate of drug-likeness (QED) is 0.618. The maximum atomic E-state index is 11.6. The van der Waals surface area contributed by atoms with Crippen molar-refractivity contribution in [2.75, 3.05) is 0 Å². The third kappa shape index (κ3) is 4.06. The van der Waals surface area contributed by atoms with Gasteiger partial charge in [-0.05, 0) is 25.0 Å². The summed E-state index contributed by atoms with van der Waals surface area (Å²) < 4.78 is 0. The highest BCUT2D eigenvalue weighted by Gasteiger charge is 2.24. The largest absolute Gasteiger partial charge is 0.377 e. The maximum Gasteiger partial charge on any atom is 0.377 e. The summed E-state index contributed by atoms with van der Waals surface area (Å²) in [7, 11) is 0. The number of rotatable bonds is 4. The number of benzene rings is 1. The topological polar surface area (TPSA) is 61.8 Å². The van der Waals surface area contributed by atoms with Crippen LogP contribution in [0.3, 0.4) is 0 Å². The third-order valence-electron chi connectivity index (χ3n) is 3.17. The summed E-state index contributed by atoms with van der Waals surface area (Å²) in [5.41, 5.74) is 0.330. The minimum atomic E-state index is -0.697. The number of carbonyl (C=O) groups excluding carboxylic acids is 2. The van der Waals surface area contributed by atoms with Crippen LogP contribution in [-0.4, -0.2) is 11.9 Å². The Hall–Kier alpha value is -1.88. The Bertz CT molecular complexity index is 423. The molecular weight excluding hydrogens is 248 g/mol. The fourth-order valence-corrected chi connectivity index (χ4v) is 2.11. The predicted molar refractivity (Wildman–Crippen MR) is 65.6 cm³/mol. The fraction of sp³-hybridized carbons (Fsp3) is 0.429. The van der Waals surface area contributed by atoms with Gasteiger partial charge in [-0.3, -0.25) is 9.78 Å². The van der Waals surface area contributed by atoms with Crippen LogP contribution in [0.1, 0.15) is 42.5 Å². The molecule has 1 fully saturated rings. The van der Waals surface area contributed by atoms with E-state index >= 15 is 0 Å². The van der Waals surface area contributed by atoms with Crippen molar-refractivity contribution in [1.82, 2.24) is 0 Å². The SMILES string of the molecule is O=C(OOOC(=O)C1CCCCC1)c1ccccc1. The Kier molecular flexibility index (Phi) is 4.92. The Morgan fingerprint density at radius 1 is 0.947 bits per heavy atom. The van der Waals surface area contributed by atoms with Gasteiger partial charge < -0.3 is 0 Å². The highest BCUT2D eigenvalue weighted by Crippen LogP contribution is 2.24. The van der Waals surface area contributed by atoms with Crippen LogP contribution in [0, 0.1) is 5.92 Å². The molecule has 0 aromatic heterocycles. The normalized spacial score (nSPS) is 15.8. The molecule has 0 unspecified atom stereocenters. The molecule has 19 heavy (non-hydrogen) atoms. The van der Waals surface area contributed by atoms with E-state index in [4.69, 9.17) is 0 Å². The molecule has 0 amide bonds. The molecule has 0 aliphatic heterocycles. The van der Waals surface area contributed by atoms with Gasteiger partial charge in [0.1, 0.15) is 0 Å².